The third kappa shape index (κ3) is 5.01. The fourth-order valence-corrected chi connectivity index (χ4v) is 1.39. The Morgan fingerprint density at radius 1 is 1.58 bits per heavy atom. The van der Waals surface area contributed by atoms with E-state index in [1.165, 1.54) is 6.92 Å². The summed E-state index contributed by atoms with van der Waals surface area (Å²) in [6.45, 7) is 3.35. The molecule has 0 spiro atoms. The van der Waals surface area contributed by atoms with Crippen LogP contribution >= 0.6 is 11.8 Å². The molecule has 1 atom stereocenters. The van der Waals surface area contributed by atoms with Crippen LogP contribution in [0.5, 0.6) is 0 Å². The van der Waals surface area contributed by atoms with Crippen molar-refractivity contribution < 1.29 is 9.59 Å². The van der Waals surface area contributed by atoms with Gasteiger partial charge in [-0.3, -0.25) is 9.59 Å². The van der Waals surface area contributed by atoms with Gasteiger partial charge in [-0.05, 0) is 5.75 Å². The lowest BCUT2D eigenvalue weighted by Gasteiger charge is -2.12. The van der Waals surface area contributed by atoms with E-state index >= 15 is 0 Å². The normalized spacial score (nSPS) is 12.2. The van der Waals surface area contributed by atoms with Crippen molar-refractivity contribution in [1.29, 1.82) is 0 Å². The smallest absolute Gasteiger partial charge is 0.240 e. The molecular weight excluding hydrogens is 176 g/mol. The van der Waals surface area contributed by atoms with E-state index < -0.39 is 11.9 Å². The van der Waals surface area contributed by atoms with Crippen LogP contribution in [0.25, 0.3) is 0 Å². The third-order valence-electron chi connectivity index (χ3n) is 1.21. The number of nitrogens with one attached hydrogen (secondary N) is 1. The van der Waals surface area contributed by atoms with Gasteiger partial charge in [0.15, 0.2) is 0 Å². The van der Waals surface area contributed by atoms with E-state index in [1.54, 1.807) is 11.8 Å². The Morgan fingerprint density at radius 3 is 2.50 bits per heavy atom. The fourth-order valence-electron chi connectivity index (χ4n) is 0.676. The number of hydrogen-bond donors (Lipinski definition) is 2. The van der Waals surface area contributed by atoms with Crippen molar-refractivity contribution in [3.63, 3.8) is 0 Å². The number of amides is 2. The molecule has 0 aromatic rings. The lowest BCUT2D eigenvalue weighted by Crippen LogP contribution is -2.45. The lowest BCUT2D eigenvalue weighted by molar-refractivity contribution is -0.125. The van der Waals surface area contributed by atoms with E-state index in [4.69, 9.17) is 5.73 Å². The van der Waals surface area contributed by atoms with Gasteiger partial charge in [0.25, 0.3) is 0 Å². The maximum atomic E-state index is 10.7. The molecule has 0 heterocycles. The first-order valence-electron chi connectivity index (χ1n) is 3.72. The van der Waals surface area contributed by atoms with Crippen LogP contribution in [0, 0.1) is 0 Å². The number of carbonyl (C=O) groups is 2. The Labute approximate surface area is 76.3 Å². The van der Waals surface area contributed by atoms with Gasteiger partial charge in [0, 0.05) is 12.7 Å². The van der Waals surface area contributed by atoms with Crippen molar-refractivity contribution in [2.45, 2.75) is 19.9 Å². The van der Waals surface area contributed by atoms with E-state index in [9.17, 15) is 9.59 Å². The quantitative estimate of drug-likeness (QED) is 0.627. The minimum Gasteiger partial charge on any atom is -0.368 e. The Morgan fingerprint density at radius 2 is 2.17 bits per heavy atom. The van der Waals surface area contributed by atoms with Crippen molar-refractivity contribution in [2.24, 2.45) is 5.73 Å². The van der Waals surface area contributed by atoms with E-state index in [-0.39, 0.29) is 5.91 Å². The van der Waals surface area contributed by atoms with Crippen molar-refractivity contribution in [2.75, 3.05) is 11.5 Å². The Kier molecular flexibility index (Phi) is 5.53. The van der Waals surface area contributed by atoms with Gasteiger partial charge in [0.1, 0.15) is 6.04 Å². The van der Waals surface area contributed by atoms with Gasteiger partial charge < -0.3 is 11.1 Å². The molecule has 12 heavy (non-hydrogen) atoms. The fraction of sp³-hybridized carbons (Fsp3) is 0.714. The summed E-state index contributed by atoms with van der Waals surface area (Å²) in [5.74, 6) is 0.746. The number of thioether (sulfide) groups is 1. The second-order valence-electron chi connectivity index (χ2n) is 2.31. The predicted octanol–water partition coefficient (Wildman–Crippen LogP) is -0.271. The second-order valence-corrected chi connectivity index (χ2v) is 3.63. The molecule has 4 nitrogen and oxygen atoms in total. The van der Waals surface area contributed by atoms with Crippen molar-refractivity contribution in [1.82, 2.24) is 5.32 Å². The van der Waals surface area contributed by atoms with Crippen LogP contribution in [-0.2, 0) is 9.59 Å². The summed E-state index contributed by atoms with van der Waals surface area (Å²) in [7, 11) is 0. The van der Waals surface area contributed by atoms with Crippen LogP contribution in [0.15, 0.2) is 0 Å². The van der Waals surface area contributed by atoms with Crippen molar-refractivity contribution in [3.05, 3.63) is 0 Å². The second kappa shape index (κ2) is 5.88. The number of carbonyl (C=O) groups excluding carboxylic acids is 2. The summed E-state index contributed by atoms with van der Waals surface area (Å²) in [6, 6.07) is -0.535. The third-order valence-corrected chi connectivity index (χ3v) is 2.19. The monoisotopic (exact) mass is 190 g/mol. The molecule has 3 N–H and O–H groups in total. The molecule has 5 heteroatoms. The molecule has 2 amide bonds. The molecule has 0 fully saturated rings. The van der Waals surface area contributed by atoms with Crippen LogP contribution in [0.1, 0.15) is 13.8 Å². The van der Waals surface area contributed by atoms with Gasteiger partial charge in [-0.1, -0.05) is 6.92 Å². The van der Waals surface area contributed by atoms with E-state index in [1.807, 2.05) is 6.92 Å². The molecule has 0 saturated heterocycles. The number of primary amides is 1. The minimum atomic E-state index is -0.535. The van der Waals surface area contributed by atoms with Crippen molar-refractivity contribution >= 4 is 23.6 Å². The Balaban J connectivity index is 3.87. The summed E-state index contributed by atoms with van der Waals surface area (Å²) in [5, 5.41) is 2.48. The average Bonchev–Trinajstić information content (AvgIpc) is 1.96. The summed E-state index contributed by atoms with van der Waals surface area (Å²) in [5.41, 5.74) is 5.06. The zero-order valence-corrected chi connectivity index (χ0v) is 8.11. The SMILES string of the molecule is CCSC[C@H](NC(C)=O)C(N)=O. The van der Waals surface area contributed by atoms with Crippen LogP contribution in [0.3, 0.4) is 0 Å². The molecule has 70 valence electrons. The summed E-state index contributed by atoms with van der Waals surface area (Å²) in [4.78, 5) is 21.3. The molecule has 0 rings (SSSR count). The summed E-state index contributed by atoms with van der Waals surface area (Å²) >= 11 is 1.57. The van der Waals surface area contributed by atoms with Gasteiger partial charge in [0.2, 0.25) is 11.8 Å². The first-order chi connectivity index (χ1) is 5.57. The highest BCUT2D eigenvalue weighted by molar-refractivity contribution is 7.99. The first kappa shape index (κ1) is 11.3. The minimum absolute atomic E-state index is 0.226. The van der Waals surface area contributed by atoms with Crippen LogP contribution < -0.4 is 11.1 Å². The lowest BCUT2D eigenvalue weighted by atomic mass is 10.3. The van der Waals surface area contributed by atoms with Crippen LogP contribution in [0.2, 0.25) is 0 Å². The Bertz CT molecular complexity index is 173. The maximum absolute atomic E-state index is 10.7. The molecular formula is C7H14N2O2S. The largest absolute Gasteiger partial charge is 0.368 e. The van der Waals surface area contributed by atoms with Crippen LogP contribution in [0.4, 0.5) is 0 Å². The summed E-state index contributed by atoms with van der Waals surface area (Å²) in [6.07, 6.45) is 0. The Hall–Kier alpha value is -0.710. The predicted molar refractivity (Wildman–Crippen MR) is 49.8 cm³/mol. The number of hydrogen-bond acceptors (Lipinski definition) is 3. The van der Waals surface area contributed by atoms with Gasteiger partial charge in [0.05, 0.1) is 0 Å². The molecule has 0 aliphatic heterocycles. The molecule has 0 bridgehead atoms. The molecule has 0 aromatic carbocycles. The topological polar surface area (TPSA) is 72.2 Å². The molecule has 0 aliphatic carbocycles. The highest BCUT2D eigenvalue weighted by Gasteiger charge is 2.14. The van der Waals surface area contributed by atoms with E-state index in [2.05, 4.69) is 5.32 Å². The molecule has 0 radical (unpaired) electrons. The zero-order chi connectivity index (χ0) is 9.56. The molecule has 0 aliphatic rings. The van der Waals surface area contributed by atoms with Crippen LogP contribution in [-0.4, -0.2) is 29.4 Å². The highest BCUT2D eigenvalue weighted by atomic mass is 32.2. The average molecular weight is 190 g/mol. The van der Waals surface area contributed by atoms with Gasteiger partial charge >= 0.3 is 0 Å². The van der Waals surface area contributed by atoms with Crippen molar-refractivity contribution in [3.8, 4) is 0 Å². The zero-order valence-electron chi connectivity index (χ0n) is 7.29. The molecule has 0 saturated carbocycles. The standard InChI is InChI=1S/C7H14N2O2S/c1-3-12-4-6(7(8)11)9-5(2)10/h6H,3-4H2,1-2H3,(H2,8,11)(H,9,10)/t6-/m0/s1. The number of nitrogens with two attached hydrogens (primary N) is 1. The molecule has 0 aromatic heterocycles. The number of rotatable bonds is 5. The molecule has 0 unspecified atom stereocenters. The summed E-state index contributed by atoms with van der Waals surface area (Å²) < 4.78 is 0. The highest BCUT2D eigenvalue weighted by Crippen LogP contribution is 2.01. The van der Waals surface area contributed by atoms with Gasteiger partial charge in [-0.25, -0.2) is 0 Å². The first-order valence-corrected chi connectivity index (χ1v) is 4.87. The van der Waals surface area contributed by atoms with E-state index in [0.29, 0.717) is 5.75 Å². The van der Waals surface area contributed by atoms with E-state index in [0.717, 1.165) is 5.75 Å². The van der Waals surface area contributed by atoms with Gasteiger partial charge in [-0.2, -0.15) is 11.8 Å². The van der Waals surface area contributed by atoms with Gasteiger partial charge in [-0.15, -0.1) is 0 Å². The maximum Gasteiger partial charge on any atom is 0.240 e.